The number of benzene rings is 3. The van der Waals surface area contributed by atoms with E-state index in [4.69, 9.17) is 4.98 Å². The highest BCUT2D eigenvalue weighted by molar-refractivity contribution is 5.89. The molecule has 0 aliphatic rings. The highest BCUT2D eigenvalue weighted by atomic mass is 16.6. The fourth-order valence-electron chi connectivity index (χ4n) is 4.50. The Morgan fingerprint density at radius 3 is 2.34 bits per heavy atom. The quantitative estimate of drug-likeness (QED) is 0.226. The summed E-state index contributed by atoms with van der Waals surface area (Å²) in [7, 11) is 0. The zero-order chi connectivity index (χ0) is 27.4. The number of non-ortho nitro benzene ring substituents is 1. The van der Waals surface area contributed by atoms with Crippen molar-refractivity contribution >= 4 is 28.3 Å². The van der Waals surface area contributed by atoms with E-state index < -0.39 is 17.0 Å². The lowest BCUT2D eigenvalue weighted by Gasteiger charge is -2.32. The van der Waals surface area contributed by atoms with Crippen LogP contribution < -0.4 is 10.9 Å². The number of hydrogen-bond donors (Lipinski definition) is 1. The first kappa shape index (κ1) is 26.5. The molecular weight excluding hydrogens is 482 g/mol. The molecular formula is C29H31N5O4. The van der Waals surface area contributed by atoms with Gasteiger partial charge in [0.05, 0.1) is 27.6 Å². The van der Waals surface area contributed by atoms with Gasteiger partial charge in [-0.3, -0.25) is 19.5 Å². The molecule has 0 saturated heterocycles. The average Bonchev–Trinajstić information content (AvgIpc) is 2.91. The summed E-state index contributed by atoms with van der Waals surface area (Å²) in [5, 5.41) is 14.3. The maximum absolute atomic E-state index is 13.9. The van der Waals surface area contributed by atoms with Crippen LogP contribution >= 0.6 is 0 Å². The number of hydrogen-bond acceptors (Lipinski definition) is 5. The number of nitro benzene ring substituents is 1. The van der Waals surface area contributed by atoms with Crippen molar-refractivity contribution in [1.29, 1.82) is 0 Å². The minimum Gasteiger partial charge on any atom is -0.314 e. The first-order chi connectivity index (χ1) is 18.2. The van der Waals surface area contributed by atoms with Crippen molar-refractivity contribution in [2.24, 2.45) is 5.92 Å². The normalized spacial score (nSPS) is 11.9. The molecule has 0 fully saturated rings. The molecule has 9 nitrogen and oxygen atoms in total. The van der Waals surface area contributed by atoms with Gasteiger partial charge in [-0.1, -0.05) is 51.1 Å². The molecule has 9 heteroatoms. The summed E-state index contributed by atoms with van der Waals surface area (Å²) in [6, 6.07) is 19.6. The maximum atomic E-state index is 13.9. The van der Waals surface area contributed by atoms with E-state index in [2.05, 4.69) is 5.32 Å². The second kappa shape index (κ2) is 11.2. The molecule has 1 aromatic heterocycles. The van der Waals surface area contributed by atoms with Gasteiger partial charge in [-0.15, -0.1) is 0 Å². The zero-order valence-corrected chi connectivity index (χ0v) is 21.9. The van der Waals surface area contributed by atoms with E-state index in [0.717, 1.165) is 17.7 Å². The molecule has 2 amide bonds. The Balaban J connectivity index is 1.82. The van der Waals surface area contributed by atoms with E-state index in [1.165, 1.54) is 24.3 Å². The van der Waals surface area contributed by atoms with E-state index in [1.54, 1.807) is 21.6 Å². The van der Waals surface area contributed by atoms with Crippen LogP contribution in [0.4, 0.5) is 16.2 Å². The third-order valence-electron chi connectivity index (χ3n) is 6.41. The summed E-state index contributed by atoms with van der Waals surface area (Å²) in [6.07, 6.45) is 0.722. The van der Waals surface area contributed by atoms with Crippen LogP contribution in [-0.2, 0) is 6.42 Å². The van der Waals surface area contributed by atoms with Crippen LogP contribution in [0.1, 0.15) is 45.1 Å². The van der Waals surface area contributed by atoms with Crippen LogP contribution in [0.15, 0.2) is 77.6 Å². The van der Waals surface area contributed by atoms with Crippen LogP contribution in [-0.4, -0.2) is 32.0 Å². The van der Waals surface area contributed by atoms with Crippen LogP contribution in [0.5, 0.6) is 0 Å². The fourth-order valence-corrected chi connectivity index (χ4v) is 4.50. The van der Waals surface area contributed by atoms with Crippen molar-refractivity contribution < 1.29 is 9.72 Å². The molecule has 38 heavy (non-hydrogen) atoms. The Morgan fingerprint density at radius 1 is 1.03 bits per heavy atom. The Kier molecular flexibility index (Phi) is 7.85. The summed E-state index contributed by atoms with van der Waals surface area (Å²) in [4.78, 5) is 44.5. The molecule has 1 heterocycles. The highest BCUT2D eigenvalue weighted by Gasteiger charge is 2.28. The average molecular weight is 514 g/mol. The molecule has 1 N–H and O–H groups in total. The lowest BCUT2D eigenvalue weighted by molar-refractivity contribution is -0.384. The van der Waals surface area contributed by atoms with Crippen molar-refractivity contribution in [2.45, 2.75) is 40.2 Å². The molecule has 1 unspecified atom stereocenters. The van der Waals surface area contributed by atoms with Gasteiger partial charge in [0.2, 0.25) is 0 Å². The summed E-state index contributed by atoms with van der Waals surface area (Å²) in [5.74, 6) is 0.581. The smallest absolute Gasteiger partial charge is 0.314 e. The monoisotopic (exact) mass is 513 g/mol. The largest absolute Gasteiger partial charge is 0.322 e. The zero-order valence-electron chi connectivity index (χ0n) is 21.9. The fraction of sp³-hybridized carbons (Fsp3) is 0.276. The topological polar surface area (TPSA) is 110 Å². The van der Waals surface area contributed by atoms with Gasteiger partial charge in [-0.25, -0.2) is 9.78 Å². The van der Waals surface area contributed by atoms with Crippen molar-refractivity contribution in [3.05, 3.63) is 105 Å². The van der Waals surface area contributed by atoms with Crippen molar-refractivity contribution in [1.82, 2.24) is 14.5 Å². The number of fused-ring (bicyclic) bond motifs is 1. The number of nitrogens with one attached hydrogen (secondary N) is 1. The number of nitro groups is 1. The summed E-state index contributed by atoms with van der Waals surface area (Å²) >= 11 is 0. The Morgan fingerprint density at radius 2 is 1.68 bits per heavy atom. The van der Waals surface area contributed by atoms with Gasteiger partial charge in [0.25, 0.3) is 11.2 Å². The Hall–Kier alpha value is -4.53. The molecule has 1 atom stereocenters. The first-order valence-electron chi connectivity index (χ1n) is 12.6. The van der Waals surface area contributed by atoms with Gasteiger partial charge in [-0.2, -0.15) is 0 Å². The van der Waals surface area contributed by atoms with Crippen LogP contribution in [0.25, 0.3) is 16.6 Å². The van der Waals surface area contributed by atoms with Crippen molar-refractivity contribution in [3.63, 3.8) is 0 Å². The standard InChI is InChI=1S/C29H31N5O4/c1-5-21-10-6-9-13-26(21)33-27(31-25-12-8-7-11-24(25)28(33)35)20(4)32(18-19(2)3)29(36)30-22-14-16-23(17-15-22)34(37)38/h6-17,19-20H,5,18H2,1-4H3,(H,30,36). The number of anilines is 1. The van der Waals surface area contributed by atoms with Gasteiger partial charge in [0, 0.05) is 24.4 Å². The van der Waals surface area contributed by atoms with Crippen molar-refractivity contribution in [2.75, 3.05) is 11.9 Å². The Labute approximate surface area is 220 Å². The number of rotatable bonds is 8. The molecule has 4 aromatic rings. The highest BCUT2D eigenvalue weighted by Crippen LogP contribution is 2.26. The van der Waals surface area contributed by atoms with E-state index in [1.807, 2.05) is 64.1 Å². The molecule has 0 aliphatic heterocycles. The predicted molar refractivity (Wildman–Crippen MR) is 149 cm³/mol. The van der Waals surface area contributed by atoms with Gasteiger partial charge in [0.1, 0.15) is 5.82 Å². The van der Waals surface area contributed by atoms with Gasteiger partial charge in [0.15, 0.2) is 0 Å². The summed E-state index contributed by atoms with van der Waals surface area (Å²) in [5.41, 5.74) is 2.46. The first-order valence-corrected chi connectivity index (χ1v) is 12.6. The number of carbonyl (C=O) groups is 1. The number of nitrogens with zero attached hydrogens (tertiary/aromatic N) is 4. The molecule has 0 saturated carbocycles. The van der Waals surface area contributed by atoms with Crippen LogP contribution in [0, 0.1) is 16.0 Å². The molecule has 0 bridgehead atoms. The number of carbonyl (C=O) groups excluding carboxylic acids is 1. The van der Waals surface area contributed by atoms with Gasteiger partial charge < -0.3 is 10.2 Å². The van der Waals surface area contributed by atoms with E-state index in [-0.39, 0.29) is 17.2 Å². The second-order valence-corrected chi connectivity index (χ2v) is 9.57. The predicted octanol–water partition coefficient (Wildman–Crippen LogP) is 6.11. The number of para-hydroxylation sites is 2. The number of aryl methyl sites for hydroxylation is 1. The SMILES string of the molecule is CCc1ccccc1-n1c(C(C)N(CC(C)C)C(=O)Nc2ccc([N+](=O)[O-])cc2)nc2ccccc2c1=O. The Bertz CT molecular complexity index is 1530. The third-order valence-corrected chi connectivity index (χ3v) is 6.41. The number of amides is 2. The van der Waals surface area contributed by atoms with E-state index >= 15 is 0 Å². The van der Waals surface area contributed by atoms with Crippen LogP contribution in [0.2, 0.25) is 0 Å². The third kappa shape index (κ3) is 5.41. The van der Waals surface area contributed by atoms with Crippen molar-refractivity contribution in [3.8, 4) is 5.69 Å². The molecule has 3 aromatic carbocycles. The van der Waals surface area contributed by atoms with Crippen LogP contribution in [0.3, 0.4) is 0 Å². The number of aromatic nitrogens is 2. The maximum Gasteiger partial charge on any atom is 0.322 e. The summed E-state index contributed by atoms with van der Waals surface area (Å²) in [6.45, 7) is 8.31. The lowest BCUT2D eigenvalue weighted by atomic mass is 10.1. The summed E-state index contributed by atoms with van der Waals surface area (Å²) < 4.78 is 1.62. The van der Waals surface area contributed by atoms with E-state index in [9.17, 15) is 19.7 Å². The van der Waals surface area contributed by atoms with E-state index in [0.29, 0.717) is 29.0 Å². The molecule has 4 rings (SSSR count). The number of urea groups is 1. The van der Waals surface area contributed by atoms with Gasteiger partial charge in [-0.05, 0) is 55.2 Å². The molecule has 0 aliphatic carbocycles. The van der Waals surface area contributed by atoms with Gasteiger partial charge >= 0.3 is 6.03 Å². The molecule has 0 spiro atoms. The minimum absolute atomic E-state index is 0.0608. The minimum atomic E-state index is -0.572. The second-order valence-electron chi connectivity index (χ2n) is 9.57. The lowest BCUT2D eigenvalue weighted by Crippen LogP contribution is -2.41. The molecule has 0 radical (unpaired) electrons. The molecule has 196 valence electrons.